The van der Waals surface area contributed by atoms with Crippen LogP contribution in [-0.4, -0.2) is 37.7 Å². The molecule has 1 fully saturated rings. The maximum absolute atomic E-state index is 8.78. The highest BCUT2D eigenvalue weighted by Crippen LogP contribution is 2.09. The fourth-order valence-electron chi connectivity index (χ4n) is 1.77. The number of hydrogen-bond acceptors (Lipinski definition) is 4. The zero-order valence-electron chi connectivity index (χ0n) is 9.24. The molecule has 1 heterocycles. The van der Waals surface area contributed by atoms with Gasteiger partial charge in [-0.15, -0.1) is 0 Å². The number of piperazine rings is 1. The molecule has 1 aromatic rings. The number of nitrogens with one attached hydrogen (secondary N) is 2. The molecule has 1 aliphatic heterocycles. The Kier molecular flexibility index (Phi) is 3.76. The Bertz CT molecular complexity index is 377. The van der Waals surface area contributed by atoms with E-state index in [1.807, 2.05) is 24.3 Å². The maximum Gasteiger partial charge on any atom is 0.0992 e. The zero-order chi connectivity index (χ0) is 11.2. The van der Waals surface area contributed by atoms with E-state index in [-0.39, 0.29) is 0 Å². The summed E-state index contributed by atoms with van der Waals surface area (Å²) in [5.41, 5.74) is 1.71. The van der Waals surface area contributed by atoms with Gasteiger partial charge in [-0.25, -0.2) is 0 Å². The van der Waals surface area contributed by atoms with Crippen LogP contribution in [0, 0.1) is 11.3 Å². The molecule has 1 aliphatic rings. The molecule has 16 heavy (non-hydrogen) atoms. The van der Waals surface area contributed by atoms with Crippen LogP contribution in [0.2, 0.25) is 0 Å². The summed E-state index contributed by atoms with van der Waals surface area (Å²) in [6.07, 6.45) is 0. The Balaban J connectivity index is 1.86. The standard InChI is InChI=1S/C12H16N4/c13-9-11-2-1-3-12(8-11)15-10-16-6-4-14-5-7-16/h1-3,8,14-15H,4-7,10H2. The third kappa shape index (κ3) is 2.96. The van der Waals surface area contributed by atoms with E-state index in [1.54, 1.807) is 0 Å². The van der Waals surface area contributed by atoms with Gasteiger partial charge in [0.1, 0.15) is 0 Å². The van der Waals surface area contributed by atoms with Crippen molar-refractivity contribution in [2.24, 2.45) is 0 Å². The second-order valence-electron chi connectivity index (χ2n) is 3.90. The van der Waals surface area contributed by atoms with E-state index >= 15 is 0 Å². The van der Waals surface area contributed by atoms with Crippen molar-refractivity contribution in [2.75, 3.05) is 38.2 Å². The van der Waals surface area contributed by atoms with Gasteiger partial charge in [0.15, 0.2) is 0 Å². The van der Waals surface area contributed by atoms with Crippen LogP contribution >= 0.6 is 0 Å². The van der Waals surface area contributed by atoms with Crippen LogP contribution < -0.4 is 10.6 Å². The van der Waals surface area contributed by atoms with Gasteiger partial charge < -0.3 is 10.6 Å². The first-order chi connectivity index (χ1) is 7.88. The smallest absolute Gasteiger partial charge is 0.0992 e. The molecule has 2 N–H and O–H groups in total. The number of benzene rings is 1. The molecule has 0 atom stereocenters. The number of anilines is 1. The Hall–Kier alpha value is -1.57. The number of nitrogens with zero attached hydrogens (tertiary/aromatic N) is 2. The Morgan fingerprint density at radius 3 is 2.94 bits per heavy atom. The fraction of sp³-hybridized carbons (Fsp3) is 0.417. The first-order valence-electron chi connectivity index (χ1n) is 5.55. The molecule has 0 unspecified atom stereocenters. The fourth-order valence-corrected chi connectivity index (χ4v) is 1.77. The Morgan fingerprint density at radius 1 is 1.38 bits per heavy atom. The molecule has 4 heteroatoms. The van der Waals surface area contributed by atoms with Crippen molar-refractivity contribution in [3.63, 3.8) is 0 Å². The summed E-state index contributed by atoms with van der Waals surface area (Å²) in [5.74, 6) is 0. The molecule has 2 rings (SSSR count). The van der Waals surface area contributed by atoms with Crippen molar-refractivity contribution in [1.29, 1.82) is 5.26 Å². The molecule has 1 saturated heterocycles. The average molecular weight is 216 g/mol. The monoisotopic (exact) mass is 216 g/mol. The minimum atomic E-state index is 0.699. The van der Waals surface area contributed by atoms with Gasteiger partial charge in [0.25, 0.3) is 0 Å². The predicted octanol–water partition coefficient (Wildman–Crippen LogP) is 0.833. The lowest BCUT2D eigenvalue weighted by molar-refractivity contribution is 0.256. The van der Waals surface area contributed by atoms with Crippen molar-refractivity contribution in [1.82, 2.24) is 10.2 Å². The molecule has 1 aromatic carbocycles. The van der Waals surface area contributed by atoms with E-state index < -0.39 is 0 Å². The highest BCUT2D eigenvalue weighted by atomic mass is 15.3. The second kappa shape index (κ2) is 5.50. The minimum absolute atomic E-state index is 0.699. The third-order valence-electron chi connectivity index (χ3n) is 2.71. The van der Waals surface area contributed by atoms with Crippen molar-refractivity contribution in [2.45, 2.75) is 0 Å². The van der Waals surface area contributed by atoms with Gasteiger partial charge in [-0.05, 0) is 18.2 Å². The third-order valence-corrected chi connectivity index (χ3v) is 2.71. The van der Waals surface area contributed by atoms with Crippen molar-refractivity contribution in [3.05, 3.63) is 29.8 Å². The van der Waals surface area contributed by atoms with Crippen LogP contribution in [0.3, 0.4) is 0 Å². The van der Waals surface area contributed by atoms with E-state index in [9.17, 15) is 0 Å². The molecule has 0 spiro atoms. The van der Waals surface area contributed by atoms with E-state index in [0.29, 0.717) is 5.56 Å². The predicted molar refractivity (Wildman–Crippen MR) is 64.1 cm³/mol. The highest BCUT2D eigenvalue weighted by Gasteiger charge is 2.08. The van der Waals surface area contributed by atoms with Gasteiger partial charge in [-0.3, -0.25) is 4.90 Å². The summed E-state index contributed by atoms with van der Waals surface area (Å²) < 4.78 is 0. The molecular formula is C12H16N4. The van der Waals surface area contributed by atoms with Gasteiger partial charge in [0.05, 0.1) is 18.3 Å². The molecule has 0 bridgehead atoms. The number of nitriles is 1. The second-order valence-corrected chi connectivity index (χ2v) is 3.90. The molecule has 0 saturated carbocycles. The average Bonchev–Trinajstić information content (AvgIpc) is 2.38. The van der Waals surface area contributed by atoms with Crippen molar-refractivity contribution >= 4 is 5.69 Å². The van der Waals surface area contributed by atoms with Crippen molar-refractivity contribution in [3.8, 4) is 6.07 Å². The molecule has 0 aliphatic carbocycles. The lowest BCUT2D eigenvalue weighted by Gasteiger charge is -2.27. The van der Waals surface area contributed by atoms with Crippen molar-refractivity contribution < 1.29 is 0 Å². The van der Waals surface area contributed by atoms with Crippen LogP contribution in [-0.2, 0) is 0 Å². The zero-order valence-corrected chi connectivity index (χ0v) is 9.24. The number of hydrogen-bond donors (Lipinski definition) is 2. The molecule has 0 aromatic heterocycles. The van der Waals surface area contributed by atoms with Crippen LogP contribution in [0.4, 0.5) is 5.69 Å². The Morgan fingerprint density at radius 2 is 2.19 bits per heavy atom. The Labute approximate surface area is 95.9 Å². The summed E-state index contributed by atoms with van der Waals surface area (Å²) in [6, 6.07) is 9.72. The van der Waals surface area contributed by atoms with Gasteiger partial charge in [-0.2, -0.15) is 5.26 Å². The van der Waals surface area contributed by atoms with Gasteiger partial charge in [0.2, 0.25) is 0 Å². The highest BCUT2D eigenvalue weighted by molar-refractivity contribution is 5.48. The normalized spacial score (nSPS) is 16.7. The van der Waals surface area contributed by atoms with E-state index in [1.165, 1.54) is 0 Å². The van der Waals surface area contributed by atoms with Gasteiger partial charge in [-0.1, -0.05) is 6.07 Å². The van der Waals surface area contributed by atoms with Crippen LogP contribution in [0.15, 0.2) is 24.3 Å². The SMILES string of the molecule is N#Cc1cccc(NCN2CCNCC2)c1. The molecule has 0 radical (unpaired) electrons. The molecular weight excluding hydrogens is 200 g/mol. The lowest BCUT2D eigenvalue weighted by atomic mass is 10.2. The van der Waals surface area contributed by atoms with Crippen LogP contribution in [0.1, 0.15) is 5.56 Å². The van der Waals surface area contributed by atoms with Gasteiger partial charge >= 0.3 is 0 Å². The quantitative estimate of drug-likeness (QED) is 0.786. The largest absolute Gasteiger partial charge is 0.372 e. The lowest BCUT2D eigenvalue weighted by Crippen LogP contribution is -2.45. The summed E-state index contributed by atoms with van der Waals surface area (Å²) in [7, 11) is 0. The summed E-state index contributed by atoms with van der Waals surface area (Å²) >= 11 is 0. The summed E-state index contributed by atoms with van der Waals surface area (Å²) in [6.45, 7) is 5.10. The first kappa shape index (κ1) is 10.9. The number of rotatable bonds is 3. The van der Waals surface area contributed by atoms with Gasteiger partial charge in [0, 0.05) is 31.9 Å². The molecule has 0 amide bonds. The molecule has 4 nitrogen and oxygen atoms in total. The summed E-state index contributed by atoms with van der Waals surface area (Å²) in [4.78, 5) is 2.36. The topological polar surface area (TPSA) is 51.1 Å². The first-order valence-corrected chi connectivity index (χ1v) is 5.55. The minimum Gasteiger partial charge on any atom is -0.372 e. The van der Waals surface area contributed by atoms with Crippen LogP contribution in [0.25, 0.3) is 0 Å². The van der Waals surface area contributed by atoms with E-state index in [4.69, 9.17) is 5.26 Å². The van der Waals surface area contributed by atoms with E-state index in [2.05, 4.69) is 21.6 Å². The maximum atomic E-state index is 8.78. The molecule has 84 valence electrons. The van der Waals surface area contributed by atoms with E-state index in [0.717, 1.165) is 38.5 Å². The van der Waals surface area contributed by atoms with Crippen LogP contribution in [0.5, 0.6) is 0 Å². The summed E-state index contributed by atoms with van der Waals surface area (Å²) in [5, 5.41) is 15.4.